The van der Waals surface area contributed by atoms with E-state index in [0.29, 0.717) is 36.7 Å². The van der Waals surface area contributed by atoms with E-state index in [1.807, 2.05) is 72.8 Å². The Morgan fingerprint density at radius 1 is 0.941 bits per heavy atom. The molecule has 0 saturated heterocycles. The average molecular weight is 452 g/mol. The van der Waals surface area contributed by atoms with Gasteiger partial charge in [-0.15, -0.1) is 0 Å². The number of carbonyl (C=O) groups is 1. The van der Waals surface area contributed by atoms with E-state index >= 15 is 0 Å². The summed E-state index contributed by atoms with van der Waals surface area (Å²) in [6, 6.07) is 24.9. The summed E-state index contributed by atoms with van der Waals surface area (Å²) in [5.41, 5.74) is 3.51. The molecule has 7 heteroatoms. The van der Waals surface area contributed by atoms with E-state index in [4.69, 9.17) is 4.98 Å². The van der Waals surface area contributed by atoms with Crippen molar-refractivity contribution in [3.05, 3.63) is 107 Å². The molecule has 5 aromatic rings. The van der Waals surface area contributed by atoms with Crippen molar-refractivity contribution in [2.24, 2.45) is 0 Å². The molecule has 1 atom stereocenters. The minimum atomic E-state index is -0.285. The van der Waals surface area contributed by atoms with Crippen LogP contribution in [0.5, 0.6) is 0 Å². The zero-order chi connectivity index (χ0) is 23.3. The molecular weight excluding hydrogens is 426 g/mol. The van der Waals surface area contributed by atoms with Gasteiger partial charge in [0.15, 0.2) is 0 Å². The largest absolute Gasteiger partial charge is 0.346 e. The van der Waals surface area contributed by atoms with Crippen molar-refractivity contribution < 1.29 is 4.79 Å². The summed E-state index contributed by atoms with van der Waals surface area (Å²) in [4.78, 5) is 37.9. The predicted octanol–water partition coefficient (Wildman–Crippen LogP) is 4.15. The zero-order valence-electron chi connectivity index (χ0n) is 18.6. The number of para-hydroxylation sites is 3. The highest BCUT2D eigenvalue weighted by Gasteiger charge is 2.19. The van der Waals surface area contributed by atoms with Crippen LogP contribution < -0.4 is 10.9 Å². The van der Waals surface area contributed by atoms with Gasteiger partial charge in [0, 0.05) is 13.0 Å². The van der Waals surface area contributed by atoms with Gasteiger partial charge in [0.05, 0.1) is 34.3 Å². The fourth-order valence-electron chi connectivity index (χ4n) is 4.15. The molecular formula is C27H25N5O2. The minimum Gasteiger partial charge on any atom is -0.346 e. The Morgan fingerprint density at radius 3 is 2.50 bits per heavy atom. The van der Waals surface area contributed by atoms with Crippen LogP contribution in [0.2, 0.25) is 0 Å². The number of hydrogen-bond donors (Lipinski definition) is 2. The summed E-state index contributed by atoms with van der Waals surface area (Å²) >= 11 is 0. The lowest BCUT2D eigenvalue weighted by Gasteiger charge is -2.17. The van der Waals surface area contributed by atoms with Crippen LogP contribution in [-0.4, -0.2) is 25.4 Å². The Labute approximate surface area is 196 Å². The summed E-state index contributed by atoms with van der Waals surface area (Å²) in [5, 5.41) is 3.72. The Balaban J connectivity index is 1.28. The molecule has 2 N–H and O–H groups in total. The van der Waals surface area contributed by atoms with Gasteiger partial charge >= 0.3 is 0 Å². The number of aromatic amines is 1. The maximum Gasteiger partial charge on any atom is 0.261 e. The highest BCUT2D eigenvalue weighted by atomic mass is 16.1. The van der Waals surface area contributed by atoms with Crippen LogP contribution in [0.1, 0.15) is 30.3 Å². The lowest BCUT2D eigenvalue weighted by molar-refractivity contribution is -0.122. The van der Waals surface area contributed by atoms with Crippen LogP contribution in [0.4, 0.5) is 0 Å². The highest BCUT2D eigenvalue weighted by Crippen LogP contribution is 2.20. The highest BCUT2D eigenvalue weighted by molar-refractivity contribution is 5.78. The second-order valence-corrected chi connectivity index (χ2v) is 8.31. The first-order valence-corrected chi connectivity index (χ1v) is 11.4. The Kier molecular flexibility index (Phi) is 6.16. The smallest absolute Gasteiger partial charge is 0.261 e. The van der Waals surface area contributed by atoms with Gasteiger partial charge in [-0.3, -0.25) is 14.2 Å². The van der Waals surface area contributed by atoms with Crippen LogP contribution in [0, 0.1) is 0 Å². The van der Waals surface area contributed by atoms with Crippen LogP contribution in [-0.2, 0) is 17.8 Å². The van der Waals surface area contributed by atoms with Gasteiger partial charge in [-0.25, -0.2) is 9.97 Å². The number of amides is 1. The van der Waals surface area contributed by atoms with Crippen LogP contribution in [0.3, 0.4) is 0 Å². The van der Waals surface area contributed by atoms with E-state index in [0.717, 1.165) is 22.4 Å². The number of nitrogens with zero attached hydrogens (tertiary/aromatic N) is 3. The number of rotatable bonds is 8. The first kappa shape index (κ1) is 21.6. The molecule has 2 aromatic heterocycles. The molecule has 0 unspecified atom stereocenters. The van der Waals surface area contributed by atoms with Crippen LogP contribution >= 0.6 is 0 Å². The van der Waals surface area contributed by atoms with Crippen molar-refractivity contribution in [3.63, 3.8) is 0 Å². The van der Waals surface area contributed by atoms with Gasteiger partial charge < -0.3 is 10.3 Å². The number of aromatic nitrogens is 4. The molecule has 0 saturated carbocycles. The van der Waals surface area contributed by atoms with Crippen LogP contribution in [0.15, 0.2) is 90.0 Å². The first-order chi connectivity index (χ1) is 16.7. The van der Waals surface area contributed by atoms with Crippen LogP contribution in [0.25, 0.3) is 21.9 Å². The number of hydrogen-bond acceptors (Lipinski definition) is 4. The van der Waals surface area contributed by atoms with E-state index in [9.17, 15) is 9.59 Å². The molecule has 7 nitrogen and oxygen atoms in total. The van der Waals surface area contributed by atoms with Gasteiger partial charge in [-0.2, -0.15) is 0 Å². The fourth-order valence-corrected chi connectivity index (χ4v) is 4.15. The number of fused-ring (bicyclic) bond motifs is 2. The second kappa shape index (κ2) is 9.70. The molecule has 0 aliphatic carbocycles. The van der Waals surface area contributed by atoms with E-state index in [1.165, 1.54) is 0 Å². The average Bonchev–Trinajstić information content (AvgIpc) is 3.30. The summed E-state index contributed by atoms with van der Waals surface area (Å²) in [5.74, 6) is 0.650. The molecule has 5 rings (SSSR count). The summed E-state index contributed by atoms with van der Waals surface area (Å²) in [6.07, 6.45) is 3.00. The van der Waals surface area contributed by atoms with E-state index in [1.54, 1.807) is 17.0 Å². The minimum absolute atomic E-state index is 0.0804. The Hall–Kier alpha value is -4.26. The van der Waals surface area contributed by atoms with Crippen molar-refractivity contribution in [1.29, 1.82) is 0 Å². The van der Waals surface area contributed by atoms with E-state index in [-0.39, 0.29) is 17.5 Å². The Bertz CT molecular complexity index is 1460. The Morgan fingerprint density at radius 2 is 1.68 bits per heavy atom. The number of benzene rings is 3. The van der Waals surface area contributed by atoms with Gasteiger partial charge in [-0.05, 0) is 42.7 Å². The van der Waals surface area contributed by atoms with E-state index in [2.05, 4.69) is 15.3 Å². The third kappa shape index (κ3) is 4.73. The predicted molar refractivity (Wildman–Crippen MR) is 132 cm³/mol. The van der Waals surface area contributed by atoms with Gasteiger partial charge in [0.1, 0.15) is 5.82 Å². The van der Waals surface area contributed by atoms with Crippen molar-refractivity contribution in [3.8, 4) is 0 Å². The summed E-state index contributed by atoms with van der Waals surface area (Å²) in [6.45, 7) is 0.429. The van der Waals surface area contributed by atoms with Gasteiger partial charge in [0.2, 0.25) is 5.91 Å². The van der Waals surface area contributed by atoms with E-state index < -0.39 is 0 Å². The molecule has 0 aliphatic heterocycles. The summed E-state index contributed by atoms with van der Waals surface area (Å²) in [7, 11) is 0. The maximum absolute atomic E-state index is 12.9. The van der Waals surface area contributed by atoms with Crippen molar-refractivity contribution in [1.82, 2.24) is 24.8 Å². The zero-order valence-corrected chi connectivity index (χ0v) is 18.6. The summed E-state index contributed by atoms with van der Waals surface area (Å²) < 4.78 is 1.57. The molecule has 2 heterocycles. The quantitative estimate of drug-likeness (QED) is 0.371. The molecule has 3 aromatic carbocycles. The lowest BCUT2D eigenvalue weighted by atomic mass is 10.1. The molecule has 0 fully saturated rings. The van der Waals surface area contributed by atoms with Crippen molar-refractivity contribution in [2.45, 2.75) is 31.8 Å². The third-order valence-corrected chi connectivity index (χ3v) is 5.89. The standard InChI is InChI=1S/C27H25N5O2/c33-25(15-8-16-32-18-28-21-12-5-4-11-20(21)27(32)34)29-24(17-19-9-2-1-3-10-19)26-30-22-13-6-7-14-23(22)31-26/h1-7,9-14,18,24H,8,15-17H2,(H,29,33)(H,30,31)/t24-/m0/s1. The lowest BCUT2D eigenvalue weighted by Crippen LogP contribution is -2.31. The topological polar surface area (TPSA) is 92.7 Å². The SMILES string of the molecule is O=C(CCCn1cnc2ccccc2c1=O)N[C@@H](Cc1ccccc1)c1nc2ccccc2[nH]1. The second-order valence-electron chi connectivity index (χ2n) is 8.31. The monoisotopic (exact) mass is 451 g/mol. The molecule has 0 radical (unpaired) electrons. The molecule has 1 amide bonds. The van der Waals surface area contributed by atoms with Gasteiger partial charge in [0.25, 0.3) is 5.56 Å². The van der Waals surface area contributed by atoms with Crippen molar-refractivity contribution >= 4 is 27.8 Å². The van der Waals surface area contributed by atoms with Crippen molar-refractivity contribution in [2.75, 3.05) is 0 Å². The number of imidazole rings is 1. The number of H-pyrrole nitrogens is 1. The third-order valence-electron chi connectivity index (χ3n) is 5.89. The molecule has 34 heavy (non-hydrogen) atoms. The number of carbonyl (C=O) groups excluding carboxylic acids is 1. The normalized spacial score (nSPS) is 12.1. The maximum atomic E-state index is 12.9. The number of aryl methyl sites for hydroxylation is 1. The first-order valence-electron chi connectivity index (χ1n) is 11.4. The molecule has 0 spiro atoms. The number of nitrogens with one attached hydrogen (secondary N) is 2. The van der Waals surface area contributed by atoms with Gasteiger partial charge in [-0.1, -0.05) is 54.6 Å². The fraction of sp³-hybridized carbons (Fsp3) is 0.185. The molecule has 170 valence electrons. The molecule has 0 bridgehead atoms. The molecule has 0 aliphatic rings.